The average molecular weight is 130 g/mol. The standard InChI is InChI=1S/C7H14O2/c1-5-3-4-9-6(2)7(5)8/h5-8H,3-4H2,1-2H3/t5?,6?,7-/m1/s1. The van der Waals surface area contributed by atoms with Crippen LogP contribution in [-0.4, -0.2) is 23.9 Å². The van der Waals surface area contributed by atoms with Gasteiger partial charge in [-0.25, -0.2) is 0 Å². The number of rotatable bonds is 0. The van der Waals surface area contributed by atoms with Crippen molar-refractivity contribution in [2.24, 2.45) is 5.92 Å². The summed E-state index contributed by atoms with van der Waals surface area (Å²) in [4.78, 5) is 0. The first-order valence-corrected chi connectivity index (χ1v) is 3.51. The molecule has 0 radical (unpaired) electrons. The van der Waals surface area contributed by atoms with Crippen LogP contribution in [0.15, 0.2) is 0 Å². The number of aliphatic hydroxyl groups is 1. The van der Waals surface area contributed by atoms with E-state index in [1.165, 1.54) is 0 Å². The third-order valence-corrected chi connectivity index (χ3v) is 2.02. The van der Waals surface area contributed by atoms with Crippen molar-refractivity contribution in [1.29, 1.82) is 0 Å². The zero-order valence-corrected chi connectivity index (χ0v) is 6.00. The van der Waals surface area contributed by atoms with Gasteiger partial charge in [-0.1, -0.05) is 6.92 Å². The van der Waals surface area contributed by atoms with Gasteiger partial charge in [0.05, 0.1) is 12.2 Å². The molecule has 54 valence electrons. The molecule has 9 heavy (non-hydrogen) atoms. The largest absolute Gasteiger partial charge is 0.390 e. The van der Waals surface area contributed by atoms with Crippen molar-refractivity contribution in [3.05, 3.63) is 0 Å². The van der Waals surface area contributed by atoms with E-state index in [-0.39, 0.29) is 12.2 Å². The minimum absolute atomic E-state index is 0.0359. The molecule has 2 nitrogen and oxygen atoms in total. The predicted molar refractivity (Wildman–Crippen MR) is 35.2 cm³/mol. The summed E-state index contributed by atoms with van der Waals surface area (Å²) in [5.74, 6) is 0.411. The summed E-state index contributed by atoms with van der Waals surface area (Å²) in [6.45, 7) is 4.78. The van der Waals surface area contributed by atoms with Crippen molar-refractivity contribution in [2.75, 3.05) is 6.61 Å². The Morgan fingerprint density at radius 3 is 2.56 bits per heavy atom. The molecule has 0 aromatic rings. The first-order valence-electron chi connectivity index (χ1n) is 3.51. The Hall–Kier alpha value is -0.0800. The summed E-state index contributed by atoms with van der Waals surface area (Å²) < 4.78 is 5.21. The van der Waals surface area contributed by atoms with Gasteiger partial charge in [-0.3, -0.25) is 0 Å². The van der Waals surface area contributed by atoms with E-state index in [2.05, 4.69) is 6.92 Å². The van der Waals surface area contributed by atoms with Gasteiger partial charge in [-0.15, -0.1) is 0 Å². The number of hydrogen-bond donors (Lipinski definition) is 1. The Bertz CT molecular complexity index is 82.9. The van der Waals surface area contributed by atoms with Crippen LogP contribution in [-0.2, 0) is 4.74 Å². The van der Waals surface area contributed by atoms with E-state index in [1.54, 1.807) is 0 Å². The predicted octanol–water partition coefficient (Wildman–Crippen LogP) is 0.792. The first-order chi connectivity index (χ1) is 4.22. The molecule has 1 N–H and O–H groups in total. The van der Waals surface area contributed by atoms with Gasteiger partial charge in [0.15, 0.2) is 0 Å². The molecule has 1 heterocycles. The van der Waals surface area contributed by atoms with Gasteiger partial charge in [0, 0.05) is 6.61 Å². The minimum Gasteiger partial charge on any atom is -0.390 e. The van der Waals surface area contributed by atoms with E-state index in [4.69, 9.17) is 4.74 Å². The summed E-state index contributed by atoms with van der Waals surface area (Å²) in [7, 11) is 0. The number of aliphatic hydroxyl groups excluding tert-OH is 1. The molecule has 0 bridgehead atoms. The van der Waals surface area contributed by atoms with Crippen LogP contribution in [0.2, 0.25) is 0 Å². The summed E-state index contributed by atoms with van der Waals surface area (Å²) >= 11 is 0. The van der Waals surface area contributed by atoms with E-state index in [0.717, 1.165) is 13.0 Å². The molecule has 1 fully saturated rings. The summed E-state index contributed by atoms with van der Waals surface area (Å²) in [6.07, 6.45) is 0.776. The molecular weight excluding hydrogens is 116 g/mol. The van der Waals surface area contributed by atoms with Crippen molar-refractivity contribution in [3.8, 4) is 0 Å². The Morgan fingerprint density at radius 1 is 1.44 bits per heavy atom. The fourth-order valence-electron chi connectivity index (χ4n) is 1.17. The molecule has 0 aromatic heterocycles. The Morgan fingerprint density at radius 2 is 2.11 bits per heavy atom. The van der Waals surface area contributed by atoms with Crippen LogP contribution >= 0.6 is 0 Å². The Labute approximate surface area is 55.8 Å². The molecule has 1 saturated heterocycles. The van der Waals surface area contributed by atoms with Gasteiger partial charge in [-0.05, 0) is 19.3 Å². The zero-order chi connectivity index (χ0) is 6.85. The molecule has 1 rings (SSSR count). The first kappa shape index (κ1) is 7.03. The molecule has 0 amide bonds. The highest BCUT2D eigenvalue weighted by Gasteiger charge is 2.25. The van der Waals surface area contributed by atoms with Crippen LogP contribution < -0.4 is 0 Å². The quantitative estimate of drug-likeness (QED) is 0.525. The van der Waals surface area contributed by atoms with Crippen LogP contribution in [0.1, 0.15) is 20.3 Å². The normalized spacial score (nSPS) is 45.0. The highest BCUT2D eigenvalue weighted by atomic mass is 16.5. The molecule has 0 saturated carbocycles. The van der Waals surface area contributed by atoms with Gasteiger partial charge in [0.25, 0.3) is 0 Å². The third kappa shape index (κ3) is 1.43. The zero-order valence-electron chi connectivity index (χ0n) is 6.00. The van der Waals surface area contributed by atoms with Crippen LogP contribution in [0.25, 0.3) is 0 Å². The van der Waals surface area contributed by atoms with E-state index < -0.39 is 0 Å². The lowest BCUT2D eigenvalue weighted by atomic mass is 9.95. The smallest absolute Gasteiger partial charge is 0.0825 e. The summed E-state index contributed by atoms with van der Waals surface area (Å²) in [6, 6.07) is 0. The fraction of sp³-hybridized carbons (Fsp3) is 1.00. The topological polar surface area (TPSA) is 29.5 Å². The van der Waals surface area contributed by atoms with Crippen molar-refractivity contribution in [3.63, 3.8) is 0 Å². The van der Waals surface area contributed by atoms with Crippen molar-refractivity contribution in [1.82, 2.24) is 0 Å². The molecular formula is C7H14O2. The maximum absolute atomic E-state index is 9.32. The number of hydrogen-bond acceptors (Lipinski definition) is 2. The second-order valence-electron chi connectivity index (χ2n) is 2.83. The van der Waals surface area contributed by atoms with Crippen molar-refractivity contribution < 1.29 is 9.84 Å². The molecule has 1 aliphatic heterocycles. The average Bonchev–Trinajstić information content (AvgIpc) is 1.83. The van der Waals surface area contributed by atoms with Gasteiger partial charge in [0.2, 0.25) is 0 Å². The SMILES string of the molecule is CC1CCOC(C)[C@@H]1O. The lowest BCUT2D eigenvalue weighted by Gasteiger charge is -2.30. The van der Waals surface area contributed by atoms with Crippen molar-refractivity contribution >= 4 is 0 Å². The van der Waals surface area contributed by atoms with Gasteiger partial charge < -0.3 is 9.84 Å². The Kier molecular flexibility index (Phi) is 2.09. The lowest BCUT2D eigenvalue weighted by molar-refractivity contribution is -0.0911. The highest BCUT2D eigenvalue weighted by molar-refractivity contribution is 4.74. The van der Waals surface area contributed by atoms with Gasteiger partial charge in [0.1, 0.15) is 0 Å². The van der Waals surface area contributed by atoms with Crippen LogP contribution in [0.3, 0.4) is 0 Å². The minimum atomic E-state index is -0.251. The monoisotopic (exact) mass is 130 g/mol. The second-order valence-corrected chi connectivity index (χ2v) is 2.83. The fourth-order valence-corrected chi connectivity index (χ4v) is 1.17. The molecule has 2 heteroatoms. The maximum atomic E-state index is 9.32. The third-order valence-electron chi connectivity index (χ3n) is 2.02. The summed E-state index contributed by atoms with van der Waals surface area (Å²) in [5.41, 5.74) is 0. The van der Waals surface area contributed by atoms with E-state index in [9.17, 15) is 5.11 Å². The molecule has 0 aliphatic carbocycles. The lowest BCUT2D eigenvalue weighted by Crippen LogP contribution is -2.37. The molecule has 0 spiro atoms. The van der Waals surface area contributed by atoms with E-state index >= 15 is 0 Å². The van der Waals surface area contributed by atoms with E-state index in [0.29, 0.717) is 5.92 Å². The van der Waals surface area contributed by atoms with Gasteiger partial charge >= 0.3 is 0 Å². The summed E-state index contributed by atoms with van der Waals surface area (Å²) in [5, 5.41) is 9.32. The van der Waals surface area contributed by atoms with E-state index in [1.807, 2.05) is 6.92 Å². The molecule has 2 unspecified atom stereocenters. The van der Waals surface area contributed by atoms with Crippen molar-refractivity contribution in [2.45, 2.75) is 32.5 Å². The molecule has 1 aliphatic rings. The maximum Gasteiger partial charge on any atom is 0.0825 e. The highest BCUT2D eigenvalue weighted by Crippen LogP contribution is 2.19. The number of ether oxygens (including phenoxy) is 1. The second kappa shape index (κ2) is 2.67. The molecule has 3 atom stereocenters. The van der Waals surface area contributed by atoms with Crippen LogP contribution in [0.5, 0.6) is 0 Å². The Balaban J connectivity index is 2.41. The van der Waals surface area contributed by atoms with Crippen LogP contribution in [0.4, 0.5) is 0 Å². The van der Waals surface area contributed by atoms with Gasteiger partial charge in [-0.2, -0.15) is 0 Å². The van der Waals surface area contributed by atoms with Crippen LogP contribution in [0, 0.1) is 5.92 Å². The molecule has 0 aromatic carbocycles.